The Labute approximate surface area is 152 Å². The van der Waals surface area contributed by atoms with Crippen LogP contribution in [0.15, 0.2) is 53.4 Å². The third-order valence-electron chi connectivity index (χ3n) is 3.33. The molecule has 1 aliphatic rings. The van der Waals surface area contributed by atoms with E-state index in [0.29, 0.717) is 25.5 Å². The van der Waals surface area contributed by atoms with Crippen molar-refractivity contribution in [3.63, 3.8) is 0 Å². The molecule has 0 N–H and O–H groups in total. The molecule has 24 heavy (non-hydrogen) atoms. The first-order chi connectivity index (χ1) is 11.5. The highest BCUT2D eigenvalue weighted by molar-refractivity contribution is 8.27. The standard InChI is InChI=1S/C17H10ClNO3S2/c18-13-7-2-1-4-10(13)9-14-15(20)19(17(23)24-14)12-6-3-5-11(8-12)16(21)22/h1-9H,(H,21,22)/p-1. The van der Waals surface area contributed by atoms with E-state index in [-0.39, 0.29) is 11.5 Å². The number of carbonyl (C=O) groups excluding carboxylic acids is 2. The molecule has 0 bridgehead atoms. The van der Waals surface area contributed by atoms with Crippen LogP contribution in [0.3, 0.4) is 0 Å². The van der Waals surface area contributed by atoms with Gasteiger partial charge in [-0.1, -0.05) is 65.9 Å². The summed E-state index contributed by atoms with van der Waals surface area (Å²) in [5, 5.41) is 11.5. The van der Waals surface area contributed by atoms with Crippen LogP contribution in [0.4, 0.5) is 5.69 Å². The predicted octanol–water partition coefficient (Wildman–Crippen LogP) is 3.11. The number of aromatic carboxylic acids is 1. The van der Waals surface area contributed by atoms with E-state index in [0.717, 1.165) is 11.8 Å². The fourth-order valence-corrected chi connectivity index (χ4v) is 3.68. The van der Waals surface area contributed by atoms with Gasteiger partial charge in [0.25, 0.3) is 5.91 Å². The number of hydrogen-bond donors (Lipinski definition) is 0. The number of carboxylic acids is 1. The number of anilines is 1. The number of thioether (sulfide) groups is 1. The maximum atomic E-state index is 12.7. The van der Waals surface area contributed by atoms with Crippen molar-refractivity contribution in [1.82, 2.24) is 0 Å². The number of carboxylic acid groups (broad SMARTS) is 1. The monoisotopic (exact) mass is 374 g/mol. The molecule has 3 rings (SSSR count). The molecule has 0 saturated carbocycles. The molecule has 4 nitrogen and oxygen atoms in total. The summed E-state index contributed by atoms with van der Waals surface area (Å²) < 4.78 is 0.328. The molecule has 0 radical (unpaired) electrons. The average Bonchev–Trinajstić information content (AvgIpc) is 2.83. The smallest absolute Gasteiger partial charge is 0.270 e. The van der Waals surface area contributed by atoms with E-state index in [1.807, 2.05) is 6.07 Å². The normalized spacial score (nSPS) is 16.0. The number of rotatable bonds is 3. The van der Waals surface area contributed by atoms with Crippen LogP contribution in [0.5, 0.6) is 0 Å². The Morgan fingerprint density at radius 1 is 1.21 bits per heavy atom. The van der Waals surface area contributed by atoms with Crippen molar-refractivity contribution < 1.29 is 14.7 Å². The van der Waals surface area contributed by atoms with Gasteiger partial charge in [0.05, 0.1) is 16.6 Å². The average molecular weight is 375 g/mol. The van der Waals surface area contributed by atoms with Gasteiger partial charge in [0.15, 0.2) is 4.32 Å². The molecule has 7 heteroatoms. The summed E-state index contributed by atoms with van der Waals surface area (Å²) in [5.74, 6) is -1.63. The van der Waals surface area contributed by atoms with E-state index in [1.54, 1.807) is 30.3 Å². The second-order valence-corrected chi connectivity index (χ2v) is 6.96. The number of benzene rings is 2. The molecule has 0 spiro atoms. The summed E-state index contributed by atoms with van der Waals surface area (Å²) in [6, 6.07) is 13.1. The van der Waals surface area contributed by atoms with Crippen LogP contribution in [0, 0.1) is 0 Å². The van der Waals surface area contributed by atoms with Crippen molar-refractivity contribution in [3.05, 3.63) is 69.6 Å². The topological polar surface area (TPSA) is 60.4 Å². The Balaban J connectivity index is 1.97. The number of hydrogen-bond acceptors (Lipinski definition) is 5. The van der Waals surface area contributed by atoms with Gasteiger partial charge in [0.2, 0.25) is 0 Å². The summed E-state index contributed by atoms with van der Waals surface area (Å²) in [7, 11) is 0. The Kier molecular flexibility index (Phi) is 4.71. The van der Waals surface area contributed by atoms with Gasteiger partial charge in [-0.3, -0.25) is 9.69 Å². The van der Waals surface area contributed by atoms with Crippen LogP contribution in [0.25, 0.3) is 6.08 Å². The lowest BCUT2D eigenvalue weighted by Crippen LogP contribution is -2.28. The Morgan fingerprint density at radius 2 is 1.96 bits per heavy atom. The predicted molar refractivity (Wildman–Crippen MR) is 97.9 cm³/mol. The lowest BCUT2D eigenvalue weighted by atomic mass is 10.2. The molecule has 1 amide bonds. The second-order valence-electron chi connectivity index (χ2n) is 4.88. The number of nitrogens with zero attached hydrogens (tertiary/aromatic N) is 1. The Morgan fingerprint density at radius 3 is 2.67 bits per heavy atom. The first kappa shape index (κ1) is 16.7. The molecular formula is C17H9ClNO3S2-. The van der Waals surface area contributed by atoms with Gasteiger partial charge in [-0.2, -0.15) is 0 Å². The van der Waals surface area contributed by atoms with Crippen LogP contribution in [-0.2, 0) is 4.79 Å². The largest absolute Gasteiger partial charge is 0.545 e. The van der Waals surface area contributed by atoms with E-state index < -0.39 is 5.97 Å². The van der Waals surface area contributed by atoms with E-state index in [1.165, 1.54) is 23.1 Å². The van der Waals surface area contributed by atoms with E-state index in [2.05, 4.69) is 0 Å². The second kappa shape index (κ2) is 6.76. The number of carbonyl (C=O) groups is 2. The zero-order chi connectivity index (χ0) is 17.3. The Bertz CT molecular complexity index is 895. The molecule has 0 aliphatic carbocycles. The summed E-state index contributed by atoms with van der Waals surface area (Å²) >= 11 is 12.5. The summed E-state index contributed by atoms with van der Waals surface area (Å²) in [6.07, 6.45) is 1.67. The first-order valence-electron chi connectivity index (χ1n) is 6.81. The number of halogens is 1. The fourth-order valence-electron chi connectivity index (χ4n) is 2.20. The van der Waals surface area contributed by atoms with E-state index >= 15 is 0 Å². The minimum absolute atomic E-state index is 0.0170. The zero-order valence-corrected chi connectivity index (χ0v) is 14.5. The minimum atomic E-state index is -1.31. The van der Waals surface area contributed by atoms with Crippen LogP contribution in [0.2, 0.25) is 5.02 Å². The van der Waals surface area contributed by atoms with Crippen molar-refractivity contribution in [2.45, 2.75) is 0 Å². The lowest BCUT2D eigenvalue weighted by molar-refractivity contribution is -0.255. The quantitative estimate of drug-likeness (QED) is 0.610. The first-order valence-corrected chi connectivity index (χ1v) is 8.41. The van der Waals surface area contributed by atoms with E-state index in [4.69, 9.17) is 23.8 Å². The van der Waals surface area contributed by atoms with Crippen molar-refractivity contribution in [3.8, 4) is 0 Å². The number of amides is 1. The summed E-state index contributed by atoms with van der Waals surface area (Å²) in [4.78, 5) is 25.4. The molecule has 1 heterocycles. The Hall–Kier alpha value is -2.15. The third kappa shape index (κ3) is 3.21. The van der Waals surface area contributed by atoms with Gasteiger partial charge >= 0.3 is 0 Å². The minimum Gasteiger partial charge on any atom is -0.545 e. The highest BCUT2D eigenvalue weighted by Crippen LogP contribution is 2.36. The molecule has 120 valence electrons. The van der Waals surface area contributed by atoms with Gasteiger partial charge in [0, 0.05) is 5.02 Å². The molecule has 2 aromatic rings. The number of thiocarbonyl (C=S) groups is 1. The maximum absolute atomic E-state index is 12.7. The highest BCUT2D eigenvalue weighted by atomic mass is 35.5. The van der Waals surface area contributed by atoms with Crippen molar-refractivity contribution in [2.24, 2.45) is 0 Å². The lowest BCUT2D eigenvalue weighted by Gasteiger charge is -2.15. The third-order valence-corrected chi connectivity index (χ3v) is 4.97. The van der Waals surface area contributed by atoms with Gasteiger partial charge < -0.3 is 9.90 Å². The molecule has 1 saturated heterocycles. The fraction of sp³-hybridized carbons (Fsp3) is 0. The highest BCUT2D eigenvalue weighted by Gasteiger charge is 2.33. The molecule has 0 atom stereocenters. The molecule has 0 aromatic heterocycles. The maximum Gasteiger partial charge on any atom is 0.270 e. The van der Waals surface area contributed by atoms with Gasteiger partial charge in [-0.25, -0.2) is 0 Å². The molecule has 0 unspecified atom stereocenters. The van der Waals surface area contributed by atoms with Gasteiger partial charge in [0.1, 0.15) is 0 Å². The molecule has 2 aromatic carbocycles. The van der Waals surface area contributed by atoms with Crippen molar-refractivity contribution in [2.75, 3.05) is 4.90 Å². The van der Waals surface area contributed by atoms with Crippen LogP contribution < -0.4 is 10.0 Å². The summed E-state index contributed by atoms with van der Waals surface area (Å²) in [6.45, 7) is 0. The van der Waals surface area contributed by atoms with Gasteiger partial charge in [-0.15, -0.1) is 0 Å². The van der Waals surface area contributed by atoms with Crippen LogP contribution in [0.1, 0.15) is 15.9 Å². The van der Waals surface area contributed by atoms with Gasteiger partial charge in [-0.05, 0) is 35.4 Å². The van der Waals surface area contributed by atoms with Crippen LogP contribution in [-0.4, -0.2) is 16.2 Å². The van der Waals surface area contributed by atoms with Crippen LogP contribution >= 0.6 is 35.6 Å². The SMILES string of the molecule is O=C([O-])c1cccc(N2C(=O)C(=Cc3ccccc3Cl)SC2=S)c1. The van der Waals surface area contributed by atoms with E-state index in [9.17, 15) is 14.7 Å². The zero-order valence-electron chi connectivity index (χ0n) is 12.1. The van der Waals surface area contributed by atoms with Crippen molar-refractivity contribution in [1.29, 1.82) is 0 Å². The molecular weight excluding hydrogens is 366 g/mol. The molecule has 1 fully saturated rings. The summed E-state index contributed by atoms with van der Waals surface area (Å²) in [5.41, 5.74) is 1.08. The van der Waals surface area contributed by atoms with Crippen molar-refractivity contribution >= 4 is 63.5 Å². The molecule has 1 aliphatic heterocycles.